The van der Waals surface area contributed by atoms with E-state index in [1.807, 2.05) is 20.8 Å². The molecule has 0 saturated carbocycles. The third-order valence-corrected chi connectivity index (χ3v) is 1.11. The largest absolute Gasteiger partial charge is 0.499 e. The van der Waals surface area contributed by atoms with E-state index in [1.165, 1.54) is 0 Å². The van der Waals surface area contributed by atoms with Gasteiger partial charge in [-0.15, -0.1) is 0 Å². The van der Waals surface area contributed by atoms with E-state index >= 15 is 0 Å². The van der Waals surface area contributed by atoms with Gasteiger partial charge in [0.25, 0.3) is 0 Å². The summed E-state index contributed by atoms with van der Waals surface area (Å²) in [7, 11) is 0. The lowest BCUT2D eigenvalue weighted by Crippen LogP contribution is -1.88. The van der Waals surface area contributed by atoms with Crippen molar-refractivity contribution in [1.82, 2.24) is 0 Å². The monoisotopic (exact) mass is 158 g/mol. The minimum absolute atomic E-state index is 0.791. The van der Waals surface area contributed by atoms with Gasteiger partial charge in [-0.3, -0.25) is 0 Å². The molecular weight excluding hydrogens is 136 g/mol. The van der Waals surface area contributed by atoms with Crippen LogP contribution in [0.25, 0.3) is 0 Å². The van der Waals surface area contributed by atoms with Crippen molar-refractivity contribution in [1.29, 1.82) is 0 Å². The van der Waals surface area contributed by atoms with Gasteiger partial charge in [-0.1, -0.05) is 27.7 Å². The number of allylic oxidation sites excluding steroid dienone is 2. The predicted molar refractivity (Wildman–Crippen MR) is 51.6 cm³/mol. The fourth-order valence-electron chi connectivity index (χ4n) is 0.718. The third kappa shape index (κ3) is 9.54. The highest BCUT2D eigenvalue weighted by atomic mass is 16.5. The standard InChI is InChI=1S/C8H16O.C2H6/c1-4-7-8(5-2)9-6-3;1-2/h7H,4-6H2,1-3H3;1-2H3/b8-7-;. The van der Waals surface area contributed by atoms with Crippen LogP contribution in [0.4, 0.5) is 0 Å². The molecule has 0 aromatic rings. The Morgan fingerprint density at radius 1 is 1.18 bits per heavy atom. The summed E-state index contributed by atoms with van der Waals surface area (Å²) in [5.41, 5.74) is 0. The molecule has 0 N–H and O–H groups in total. The van der Waals surface area contributed by atoms with Gasteiger partial charge in [0.2, 0.25) is 0 Å². The summed E-state index contributed by atoms with van der Waals surface area (Å²) < 4.78 is 5.29. The fraction of sp³-hybridized carbons (Fsp3) is 0.800. The number of hydrogen-bond acceptors (Lipinski definition) is 1. The van der Waals surface area contributed by atoms with Crippen LogP contribution in [0.5, 0.6) is 0 Å². The van der Waals surface area contributed by atoms with E-state index < -0.39 is 0 Å². The van der Waals surface area contributed by atoms with E-state index in [2.05, 4.69) is 19.9 Å². The quantitative estimate of drug-likeness (QED) is 0.566. The maximum Gasteiger partial charge on any atom is 0.0916 e. The van der Waals surface area contributed by atoms with Crippen molar-refractivity contribution in [2.24, 2.45) is 0 Å². The molecule has 1 heteroatoms. The first-order valence-electron chi connectivity index (χ1n) is 4.66. The van der Waals surface area contributed by atoms with Crippen molar-refractivity contribution in [2.75, 3.05) is 6.61 Å². The summed E-state index contributed by atoms with van der Waals surface area (Å²) in [6.07, 6.45) is 4.22. The molecule has 0 aliphatic rings. The Morgan fingerprint density at radius 3 is 2.00 bits per heavy atom. The molecule has 0 fully saturated rings. The zero-order valence-corrected chi connectivity index (χ0v) is 8.61. The molecular formula is C10H22O. The number of hydrogen-bond donors (Lipinski definition) is 0. The van der Waals surface area contributed by atoms with Crippen molar-refractivity contribution in [3.8, 4) is 0 Å². The zero-order chi connectivity index (χ0) is 9.11. The molecule has 1 nitrogen and oxygen atoms in total. The van der Waals surface area contributed by atoms with Crippen LogP contribution in [0.1, 0.15) is 47.5 Å². The molecule has 0 amide bonds. The first-order chi connectivity index (χ1) is 5.35. The van der Waals surface area contributed by atoms with Crippen molar-refractivity contribution < 1.29 is 4.74 Å². The topological polar surface area (TPSA) is 9.23 Å². The Kier molecular flexibility index (Phi) is 14.6. The lowest BCUT2D eigenvalue weighted by atomic mass is 10.3. The van der Waals surface area contributed by atoms with Crippen LogP contribution < -0.4 is 0 Å². The van der Waals surface area contributed by atoms with Crippen LogP contribution in [0, 0.1) is 0 Å². The second kappa shape index (κ2) is 12.2. The maximum absolute atomic E-state index is 5.29. The second-order valence-corrected chi connectivity index (χ2v) is 1.87. The molecule has 0 unspecified atom stereocenters. The van der Waals surface area contributed by atoms with Crippen LogP contribution in [0.2, 0.25) is 0 Å². The highest BCUT2D eigenvalue weighted by molar-refractivity contribution is 4.90. The third-order valence-electron chi connectivity index (χ3n) is 1.11. The molecule has 0 spiro atoms. The average molecular weight is 158 g/mol. The molecule has 0 heterocycles. The first-order valence-corrected chi connectivity index (χ1v) is 4.66. The lowest BCUT2D eigenvalue weighted by molar-refractivity contribution is 0.220. The maximum atomic E-state index is 5.29. The molecule has 0 aromatic carbocycles. The Labute approximate surface area is 71.5 Å². The normalized spacial score (nSPS) is 10.1. The molecule has 0 aliphatic carbocycles. The summed E-state index contributed by atoms with van der Waals surface area (Å²) in [5, 5.41) is 0. The smallest absolute Gasteiger partial charge is 0.0916 e. The lowest BCUT2D eigenvalue weighted by Gasteiger charge is -2.03. The molecule has 0 aliphatic heterocycles. The molecule has 0 radical (unpaired) electrons. The average Bonchev–Trinajstić information content (AvgIpc) is 2.08. The fourth-order valence-corrected chi connectivity index (χ4v) is 0.718. The van der Waals surface area contributed by atoms with E-state index in [9.17, 15) is 0 Å². The van der Waals surface area contributed by atoms with E-state index in [4.69, 9.17) is 4.74 Å². The summed E-state index contributed by atoms with van der Waals surface area (Å²) in [6.45, 7) is 11.0. The van der Waals surface area contributed by atoms with Gasteiger partial charge in [-0.25, -0.2) is 0 Å². The summed E-state index contributed by atoms with van der Waals surface area (Å²) in [4.78, 5) is 0. The number of rotatable bonds is 4. The van der Waals surface area contributed by atoms with Gasteiger partial charge in [0.1, 0.15) is 0 Å². The van der Waals surface area contributed by atoms with E-state index in [0.717, 1.165) is 25.2 Å². The minimum atomic E-state index is 0.791. The molecule has 0 atom stereocenters. The summed E-state index contributed by atoms with van der Waals surface area (Å²) in [5.74, 6) is 1.12. The van der Waals surface area contributed by atoms with Crippen molar-refractivity contribution in [3.05, 3.63) is 11.8 Å². The van der Waals surface area contributed by atoms with Gasteiger partial charge >= 0.3 is 0 Å². The summed E-state index contributed by atoms with van der Waals surface area (Å²) >= 11 is 0. The van der Waals surface area contributed by atoms with E-state index in [-0.39, 0.29) is 0 Å². The van der Waals surface area contributed by atoms with Crippen LogP contribution in [-0.4, -0.2) is 6.61 Å². The summed E-state index contributed by atoms with van der Waals surface area (Å²) in [6, 6.07) is 0. The Bertz CT molecular complexity index is 84.9. The van der Waals surface area contributed by atoms with Crippen LogP contribution in [0.3, 0.4) is 0 Å². The first kappa shape index (κ1) is 13.2. The zero-order valence-electron chi connectivity index (χ0n) is 8.61. The van der Waals surface area contributed by atoms with Gasteiger partial charge < -0.3 is 4.74 Å². The minimum Gasteiger partial charge on any atom is -0.499 e. The van der Waals surface area contributed by atoms with Crippen LogP contribution in [-0.2, 0) is 4.74 Å². The highest BCUT2D eigenvalue weighted by Crippen LogP contribution is 2.02. The molecule has 0 saturated heterocycles. The highest BCUT2D eigenvalue weighted by Gasteiger charge is 1.88. The van der Waals surface area contributed by atoms with Crippen molar-refractivity contribution >= 4 is 0 Å². The van der Waals surface area contributed by atoms with Gasteiger partial charge in [-0.2, -0.15) is 0 Å². The van der Waals surface area contributed by atoms with Gasteiger partial charge in [0, 0.05) is 6.42 Å². The van der Waals surface area contributed by atoms with Gasteiger partial charge in [-0.05, 0) is 19.4 Å². The Morgan fingerprint density at radius 2 is 1.73 bits per heavy atom. The Hall–Kier alpha value is -0.460. The van der Waals surface area contributed by atoms with Crippen molar-refractivity contribution in [3.63, 3.8) is 0 Å². The molecule has 0 aromatic heterocycles. The SMILES string of the molecule is CC.CC/C=C(/CC)OCC. The van der Waals surface area contributed by atoms with Crippen LogP contribution >= 0.6 is 0 Å². The molecule has 68 valence electrons. The van der Waals surface area contributed by atoms with Crippen LogP contribution in [0.15, 0.2) is 11.8 Å². The molecule has 0 bridgehead atoms. The molecule has 0 rings (SSSR count). The van der Waals surface area contributed by atoms with Crippen molar-refractivity contribution in [2.45, 2.75) is 47.5 Å². The van der Waals surface area contributed by atoms with E-state index in [1.54, 1.807) is 0 Å². The molecule has 11 heavy (non-hydrogen) atoms. The van der Waals surface area contributed by atoms with Gasteiger partial charge in [0.15, 0.2) is 0 Å². The van der Waals surface area contributed by atoms with E-state index in [0.29, 0.717) is 0 Å². The predicted octanol–water partition coefficient (Wildman–Crippen LogP) is 3.75. The number of ether oxygens (including phenoxy) is 1. The second-order valence-electron chi connectivity index (χ2n) is 1.87. The Balaban J connectivity index is 0. The van der Waals surface area contributed by atoms with Gasteiger partial charge in [0.05, 0.1) is 12.4 Å².